The summed E-state index contributed by atoms with van der Waals surface area (Å²) in [5.41, 5.74) is 5.54. The van der Waals surface area contributed by atoms with E-state index in [-0.39, 0.29) is 10.8 Å². The maximum Gasteiger partial charge on any atom is 0.261 e. The van der Waals surface area contributed by atoms with Crippen molar-refractivity contribution in [3.8, 4) is 21.8 Å². The van der Waals surface area contributed by atoms with E-state index in [9.17, 15) is 18.3 Å². The molecular formula is C32H31N5O4S2. The SMILES string of the molecule is CC(=O)Nc1ccc(-c2csc(-c3ccc(S(=O)(=O)Nc4ccc(CCNC[C@H](O)c5cccnc5)cc4)cc3)n2)cc1. The molecule has 0 unspecified atom stereocenters. The number of aliphatic hydroxyl groups excluding tert-OH is 1. The lowest BCUT2D eigenvalue weighted by molar-refractivity contribution is -0.114. The minimum atomic E-state index is -3.77. The van der Waals surface area contributed by atoms with E-state index in [1.165, 1.54) is 18.3 Å². The monoisotopic (exact) mass is 613 g/mol. The van der Waals surface area contributed by atoms with Crippen LogP contribution in [-0.2, 0) is 21.2 Å². The summed E-state index contributed by atoms with van der Waals surface area (Å²) in [6.45, 7) is 2.55. The summed E-state index contributed by atoms with van der Waals surface area (Å²) in [5, 5.41) is 18.9. The highest BCUT2D eigenvalue weighted by Gasteiger charge is 2.15. The quantitative estimate of drug-likeness (QED) is 0.137. The molecule has 0 fully saturated rings. The van der Waals surface area contributed by atoms with Crippen molar-refractivity contribution in [1.82, 2.24) is 15.3 Å². The van der Waals surface area contributed by atoms with E-state index < -0.39 is 16.1 Å². The Morgan fingerprint density at radius 3 is 2.30 bits per heavy atom. The van der Waals surface area contributed by atoms with Crippen LogP contribution in [0.15, 0.2) is 108 Å². The third kappa shape index (κ3) is 8.11. The largest absolute Gasteiger partial charge is 0.387 e. The average Bonchev–Trinajstić information content (AvgIpc) is 3.51. The Labute approximate surface area is 254 Å². The lowest BCUT2D eigenvalue weighted by Crippen LogP contribution is -2.23. The number of nitrogens with one attached hydrogen (secondary N) is 3. The Bertz CT molecular complexity index is 1760. The van der Waals surface area contributed by atoms with Gasteiger partial charge in [0.1, 0.15) is 5.01 Å². The van der Waals surface area contributed by atoms with Gasteiger partial charge in [0, 0.05) is 59.3 Å². The van der Waals surface area contributed by atoms with E-state index in [2.05, 4.69) is 20.3 Å². The lowest BCUT2D eigenvalue weighted by atomic mass is 10.1. The second-order valence-corrected chi connectivity index (χ2v) is 12.4. The Morgan fingerprint density at radius 1 is 0.930 bits per heavy atom. The molecule has 5 rings (SSSR count). The Morgan fingerprint density at radius 2 is 1.63 bits per heavy atom. The highest BCUT2D eigenvalue weighted by Crippen LogP contribution is 2.30. The zero-order chi connectivity index (χ0) is 30.2. The molecule has 2 aromatic heterocycles. The van der Waals surface area contributed by atoms with Crippen LogP contribution in [0.5, 0.6) is 0 Å². The zero-order valence-corrected chi connectivity index (χ0v) is 25.0. The van der Waals surface area contributed by atoms with Crippen LogP contribution >= 0.6 is 11.3 Å². The Hall–Kier alpha value is -4.42. The molecule has 220 valence electrons. The fourth-order valence-corrected chi connectivity index (χ4v) is 6.25. The van der Waals surface area contributed by atoms with Crippen molar-refractivity contribution in [3.05, 3.63) is 114 Å². The predicted octanol–water partition coefficient (Wildman–Crippen LogP) is 5.50. The molecule has 11 heteroatoms. The molecule has 2 heterocycles. The number of sulfonamides is 1. The molecule has 4 N–H and O–H groups in total. The normalized spacial score (nSPS) is 12.0. The molecule has 5 aromatic rings. The number of thiazole rings is 1. The first kappa shape index (κ1) is 30.1. The molecular weight excluding hydrogens is 583 g/mol. The van der Waals surface area contributed by atoms with Crippen molar-refractivity contribution in [2.75, 3.05) is 23.1 Å². The molecule has 1 amide bonds. The number of aromatic nitrogens is 2. The molecule has 3 aromatic carbocycles. The Kier molecular flexibility index (Phi) is 9.58. The van der Waals surface area contributed by atoms with Crippen LogP contribution in [0.4, 0.5) is 11.4 Å². The van der Waals surface area contributed by atoms with Crippen LogP contribution in [0.1, 0.15) is 24.2 Å². The molecule has 0 aliphatic carbocycles. The molecule has 9 nitrogen and oxygen atoms in total. The van der Waals surface area contributed by atoms with Gasteiger partial charge in [-0.05, 0) is 61.0 Å². The zero-order valence-electron chi connectivity index (χ0n) is 23.4. The van der Waals surface area contributed by atoms with Gasteiger partial charge < -0.3 is 15.7 Å². The molecule has 0 saturated carbocycles. The second-order valence-electron chi connectivity index (χ2n) is 9.88. The molecule has 0 spiro atoms. The first-order valence-corrected chi connectivity index (χ1v) is 16.0. The van der Waals surface area contributed by atoms with Crippen molar-refractivity contribution in [2.45, 2.75) is 24.3 Å². The van der Waals surface area contributed by atoms with E-state index in [0.717, 1.165) is 45.1 Å². The fraction of sp³-hybridized carbons (Fsp3) is 0.156. The summed E-state index contributed by atoms with van der Waals surface area (Å²) < 4.78 is 28.7. The maximum absolute atomic E-state index is 13.0. The maximum atomic E-state index is 13.0. The highest BCUT2D eigenvalue weighted by atomic mass is 32.2. The van der Waals surface area contributed by atoms with E-state index >= 15 is 0 Å². The topological polar surface area (TPSA) is 133 Å². The lowest BCUT2D eigenvalue weighted by Gasteiger charge is -2.12. The summed E-state index contributed by atoms with van der Waals surface area (Å²) in [7, 11) is -3.77. The molecule has 1 atom stereocenters. The molecule has 0 bridgehead atoms. The molecule has 0 aliphatic rings. The van der Waals surface area contributed by atoms with E-state index in [1.54, 1.807) is 54.9 Å². The number of pyridine rings is 1. The minimum Gasteiger partial charge on any atom is -0.387 e. The number of nitrogens with zero attached hydrogens (tertiary/aromatic N) is 2. The summed E-state index contributed by atoms with van der Waals surface area (Å²) in [4.78, 5) is 20.1. The van der Waals surface area contributed by atoms with Gasteiger partial charge >= 0.3 is 0 Å². The van der Waals surface area contributed by atoms with Gasteiger partial charge in [-0.15, -0.1) is 11.3 Å². The first-order chi connectivity index (χ1) is 20.8. The van der Waals surface area contributed by atoms with Gasteiger partial charge in [-0.3, -0.25) is 14.5 Å². The van der Waals surface area contributed by atoms with Gasteiger partial charge in [0.2, 0.25) is 5.91 Å². The molecule has 0 radical (unpaired) electrons. The number of rotatable bonds is 12. The van der Waals surface area contributed by atoms with Crippen LogP contribution in [0, 0.1) is 0 Å². The van der Waals surface area contributed by atoms with Gasteiger partial charge in [0.25, 0.3) is 10.0 Å². The first-order valence-electron chi connectivity index (χ1n) is 13.6. The third-order valence-corrected chi connectivity index (χ3v) is 8.91. The minimum absolute atomic E-state index is 0.127. The van der Waals surface area contributed by atoms with Crippen molar-refractivity contribution in [2.24, 2.45) is 0 Å². The number of benzene rings is 3. The van der Waals surface area contributed by atoms with Crippen LogP contribution in [0.2, 0.25) is 0 Å². The van der Waals surface area contributed by atoms with Gasteiger partial charge in [-0.2, -0.15) is 0 Å². The number of aliphatic hydroxyl groups is 1. The van der Waals surface area contributed by atoms with Gasteiger partial charge in [-0.1, -0.05) is 42.5 Å². The predicted molar refractivity (Wildman–Crippen MR) is 170 cm³/mol. The van der Waals surface area contributed by atoms with Crippen molar-refractivity contribution < 1.29 is 18.3 Å². The number of hydrogen-bond donors (Lipinski definition) is 4. The van der Waals surface area contributed by atoms with Crippen LogP contribution < -0.4 is 15.4 Å². The summed E-state index contributed by atoms with van der Waals surface area (Å²) in [5.74, 6) is -0.127. The molecule has 43 heavy (non-hydrogen) atoms. The van der Waals surface area contributed by atoms with E-state index in [0.29, 0.717) is 18.8 Å². The number of carbonyl (C=O) groups is 1. The number of amides is 1. The second kappa shape index (κ2) is 13.7. The summed E-state index contributed by atoms with van der Waals surface area (Å²) >= 11 is 1.47. The van der Waals surface area contributed by atoms with E-state index in [1.807, 2.05) is 47.8 Å². The highest BCUT2D eigenvalue weighted by molar-refractivity contribution is 7.92. The fourth-order valence-electron chi connectivity index (χ4n) is 4.36. The van der Waals surface area contributed by atoms with E-state index in [4.69, 9.17) is 4.98 Å². The van der Waals surface area contributed by atoms with Crippen LogP contribution in [0.25, 0.3) is 21.8 Å². The number of hydrogen-bond acceptors (Lipinski definition) is 8. The van der Waals surface area contributed by atoms with Crippen molar-refractivity contribution in [1.29, 1.82) is 0 Å². The molecule has 0 saturated heterocycles. The van der Waals surface area contributed by atoms with Gasteiger partial charge in [0.05, 0.1) is 16.7 Å². The van der Waals surface area contributed by atoms with Crippen molar-refractivity contribution in [3.63, 3.8) is 0 Å². The standard InChI is InChI=1S/C32H31N5O4S2/c1-22(38)35-27-12-6-24(7-13-27)30-21-42-32(36-30)25-8-14-29(15-9-25)43(40,41)37-28-10-4-23(5-11-28)16-18-34-20-31(39)26-3-2-17-33-19-26/h2-15,17,19,21,31,34,37,39H,16,18,20H2,1H3,(H,35,38)/t31-/m0/s1. The van der Waals surface area contributed by atoms with Crippen LogP contribution in [-0.4, -0.2) is 42.5 Å². The van der Waals surface area contributed by atoms with Gasteiger partial charge in [0.15, 0.2) is 0 Å². The summed E-state index contributed by atoms with van der Waals surface area (Å²) in [6.07, 6.45) is 3.42. The summed E-state index contributed by atoms with van der Waals surface area (Å²) in [6, 6.07) is 25.0. The average molecular weight is 614 g/mol. The van der Waals surface area contributed by atoms with Crippen molar-refractivity contribution >= 4 is 38.6 Å². The molecule has 0 aliphatic heterocycles. The van der Waals surface area contributed by atoms with Gasteiger partial charge in [-0.25, -0.2) is 13.4 Å². The third-order valence-electron chi connectivity index (χ3n) is 6.62. The number of anilines is 2. The van der Waals surface area contributed by atoms with Crippen LogP contribution in [0.3, 0.4) is 0 Å². The Balaban J connectivity index is 1.14. The smallest absolute Gasteiger partial charge is 0.261 e. The number of carbonyl (C=O) groups excluding carboxylic acids is 1.